The molecule has 3 aliphatic rings. The average Bonchev–Trinajstić information content (AvgIpc) is 3.43. The number of anilines is 1. The van der Waals surface area contributed by atoms with Gasteiger partial charge in [0.2, 0.25) is 5.91 Å². The summed E-state index contributed by atoms with van der Waals surface area (Å²) >= 11 is 7.23. The smallest absolute Gasteiger partial charge is 0.254 e. The molecule has 3 aliphatic heterocycles. The number of pyridine rings is 1. The number of hydrogen-bond donors (Lipinski definition) is 0. The number of hydrogen-bond acceptors (Lipinski definition) is 7. The SMILES string of the molecule is COc1ccc2c(c1)C1(C(=O)N2C)N(C)CC(c2cccnc2)C12SC(=S)N(Cc1ccccc1)C2=O. The molecular weight excluding hydrogens is 504 g/mol. The molecule has 7 nitrogen and oxygen atoms in total. The fraction of sp³-hybridized carbons (Fsp3) is 0.286. The molecular formula is C28H26N4O3S2. The predicted octanol–water partition coefficient (Wildman–Crippen LogP) is 3.79. The lowest BCUT2D eigenvalue weighted by molar-refractivity contribution is -0.139. The highest BCUT2D eigenvalue weighted by Gasteiger charge is 2.78. The van der Waals surface area contributed by atoms with Crippen molar-refractivity contribution >= 4 is 45.8 Å². The first-order valence-electron chi connectivity index (χ1n) is 12.0. The van der Waals surface area contributed by atoms with Crippen molar-refractivity contribution in [3.8, 4) is 5.75 Å². The van der Waals surface area contributed by atoms with Gasteiger partial charge in [-0.15, -0.1) is 0 Å². The van der Waals surface area contributed by atoms with Gasteiger partial charge in [-0.25, -0.2) is 0 Å². The van der Waals surface area contributed by atoms with Gasteiger partial charge in [0.1, 0.15) is 14.8 Å². The van der Waals surface area contributed by atoms with Gasteiger partial charge in [-0.05, 0) is 42.4 Å². The van der Waals surface area contributed by atoms with Gasteiger partial charge in [0.25, 0.3) is 5.91 Å². The van der Waals surface area contributed by atoms with Crippen molar-refractivity contribution in [3.05, 3.63) is 89.7 Å². The van der Waals surface area contributed by atoms with Crippen LogP contribution >= 0.6 is 24.0 Å². The molecule has 2 fully saturated rings. The number of carbonyl (C=O) groups excluding carboxylic acids is 2. The van der Waals surface area contributed by atoms with E-state index in [1.54, 1.807) is 36.4 Å². The number of methoxy groups -OCH3 is 1. The van der Waals surface area contributed by atoms with Crippen molar-refractivity contribution in [1.82, 2.24) is 14.8 Å². The highest BCUT2D eigenvalue weighted by molar-refractivity contribution is 8.25. The van der Waals surface area contributed by atoms with Crippen LogP contribution < -0.4 is 9.64 Å². The predicted molar refractivity (Wildman–Crippen MR) is 148 cm³/mol. The monoisotopic (exact) mass is 530 g/mol. The lowest BCUT2D eigenvalue weighted by Gasteiger charge is -2.42. The maximum absolute atomic E-state index is 14.8. The minimum absolute atomic E-state index is 0.144. The Morgan fingerprint density at radius 3 is 2.57 bits per heavy atom. The lowest BCUT2D eigenvalue weighted by atomic mass is 9.72. The topological polar surface area (TPSA) is 66.0 Å². The van der Waals surface area contributed by atoms with Crippen molar-refractivity contribution in [2.75, 3.05) is 32.6 Å². The number of amides is 2. The summed E-state index contributed by atoms with van der Waals surface area (Å²) < 4.78 is 4.83. The fourth-order valence-corrected chi connectivity index (χ4v) is 8.41. The van der Waals surface area contributed by atoms with E-state index in [9.17, 15) is 9.59 Å². The largest absolute Gasteiger partial charge is 0.497 e. The van der Waals surface area contributed by atoms with Crippen molar-refractivity contribution in [2.24, 2.45) is 0 Å². The van der Waals surface area contributed by atoms with E-state index < -0.39 is 10.3 Å². The Morgan fingerprint density at radius 1 is 1.08 bits per heavy atom. The van der Waals surface area contributed by atoms with Crippen LogP contribution in [0.4, 0.5) is 5.69 Å². The molecule has 3 unspecified atom stereocenters. The van der Waals surface area contributed by atoms with Gasteiger partial charge in [0, 0.05) is 43.2 Å². The molecule has 188 valence electrons. The molecule has 1 aromatic heterocycles. The summed E-state index contributed by atoms with van der Waals surface area (Å²) in [6.45, 7) is 0.838. The number of thiocarbonyl (C=S) groups is 1. The van der Waals surface area contributed by atoms with Crippen molar-refractivity contribution in [2.45, 2.75) is 22.7 Å². The third-order valence-corrected chi connectivity index (χ3v) is 9.87. The first-order valence-corrected chi connectivity index (χ1v) is 13.3. The molecule has 6 rings (SSSR count). The number of fused-ring (bicyclic) bond motifs is 3. The number of ether oxygens (including phenoxy) is 1. The molecule has 4 heterocycles. The Morgan fingerprint density at radius 2 is 1.86 bits per heavy atom. The third kappa shape index (κ3) is 3.11. The number of likely N-dealkylation sites (N-methyl/N-ethyl adjacent to an activating group) is 2. The van der Waals surface area contributed by atoms with Crippen LogP contribution in [0.1, 0.15) is 22.6 Å². The molecule has 0 N–H and O–H groups in total. The number of nitrogens with zero attached hydrogens (tertiary/aromatic N) is 4. The zero-order valence-corrected chi connectivity index (χ0v) is 22.4. The molecule has 0 bridgehead atoms. The summed E-state index contributed by atoms with van der Waals surface area (Å²) in [6, 6.07) is 19.3. The lowest BCUT2D eigenvalue weighted by Crippen LogP contribution is -2.62. The van der Waals surface area contributed by atoms with Crippen molar-refractivity contribution < 1.29 is 14.3 Å². The van der Waals surface area contributed by atoms with Crippen LogP contribution in [0.25, 0.3) is 0 Å². The van der Waals surface area contributed by atoms with Gasteiger partial charge < -0.3 is 9.64 Å². The average molecular weight is 531 g/mol. The maximum atomic E-state index is 14.8. The van der Waals surface area contributed by atoms with Crippen molar-refractivity contribution in [3.63, 3.8) is 0 Å². The standard InChI is InChI=1S/C28H26N4O3S2/c1-30-17-22(19-10-7-13-29-15-19)28(25(34)32(26(36)37-28)16-18-8-5-4-6-9-18)27(30)21-14-20(35-3)11-12-23(21)31(2)24(27)33/h4-15,22H,16-17H2,1-3H3. The Balaban J connectivity index is 1.60. The minimum Gasteiger partial charge on any atom is -0.497 e. The molecule has 3 atom stereocenters. The van der Waals surface area contributed by atoms with Crippen LogP contribution in [0.15, 0.2) is 73.1 Å². The number of carbonyl (C=O) groups is 2. The van der Waals surface area contributed by atoms with E-state index in [1.165, 1.54) is 11.8 Å². The number of benzene rings is 2. The summed E-state index contributed by atoms with van der Waals surface area (Å²) in [5.74, 6) is 0.0162. The second kappa shape index (κ2) is 8.65. The van der Waals surface area contributed by atoms with E-state index >= 15 is 0 Å². The van der Waals surface area contributed by atoms with Gasteiger partial charge in [-0.3, -0.25) is 24.4 Å². The maximum Gasteiger partial charge on any atom is 0.254 e. The van der Waals surface area contributed by atoms with Gasteiger partial charge in [0.05, 0.1) is 13.7 Å². The molecule has 2 amide bonds. The van der Waals surface area contributed by atoms with Crippen LogP contribution in [-0.2, 0) is 21.7 Å². The van der Waals surface area contributed by atoms with E-state index in [4.69, 9.17) is 17.0 Å². The van der Waals surface area contributed by atoms with E-state index in [-0.39, 0.29) is 17.7 Å². The molecule has 0 aliphatic carbocycles. The summed E-state index contributed by atoms with van der Waals surface area (Å²) in [5.41, 5.74) is 2.14. The Hall–Kier alpha value is -3.27. The second-order valence-electron chi connectivity index (χ2n) is 9.66. The van der Waals surface area contributed by atoms with Crippen molar-refractivity contribution in [1.29, 1.82) is 0 Å². The van der Waals surface area contributed by atoms with Gasteiger partial charge >= 0.3 is 0 Å². The van der Waals surface area contributed by atoms with Crippen LogP contribution in [0.5, 0.6) is 5.75 Å². The van der Waals surface area contributed by atoms with Gasteiger partial charge in [-0.2, -0.15) is 0 Å². The number of likely N-dealkylation sites (tertiary alicyclic amines) is 1. The normalized spacial score (nSPS) is 27.1. The second-order valence-corrected chi connectivity index (χ2v) is 11.5. The highest BCUT2D eigenvalue weighted by atomic mass is 32.2. The Kier molecular flexibility index (Phi) is 5.63. The van der Waals surface area contributed by atoms with E-state index in [1.807, 2.05) is 72.6 Å². The van der Waals surface area contributed by atoms with Crippen LogP contribution in [0.2, 0.25) is 0 Å². The van der Waals surface area contributed by atoms with Crippen LogP contribution in [0, 0.1) is 0 Å². The van der Waals surface area contributed by atoms with Crippen LogP contribution in [0.3, 0.4) is 0 Å². The zero-order chi connectivity index (χ0) is 25.9. The van der Waals surface area contributed by atoms with Crippen LogP contribution in [-0.4, -0.2) is 63.4 Å². The highest BCUT2D eigenvalue weighted by Crippen LogP contribution is 2.66. The first-order chi connectivity index (χ1) is 17.9. The number of thioether (sulfide) groups is 1. The summed E-state index contributed by atoms with van der Waals surface area (Å²) in [5, 5.41) is 0. The zero-order valence-electron chi connectivity index (χ0n) is 20.7. The molecule has 0 radical (unpaired) electrons. The van der Waals surface area contributed by atoms with E-state index in [0.29, 0.717) is 23.2 Å². The third-order valence-electron chi connectivity index (χ3n) is 7.93. The van der Waals surface area contributed by atoms with Gasteiger partial charge in [-0.1, -0.05) is 60.4 Å². The Labute approximate surface area is 225 Å². The summed E-state index contributed by atoms with van der Waals surface area (Å²) in [6.07, 6.45) is 3.51. The first kappa shape index (κ1) is 24.1. The summed E-state index contributed by atoms with van der Waals surface area (Å²) in [4.78, 5) is 39.0. The number of aromatic nitrogens is 1. The van der Waals surface area contributed by atoms with E-state index in [0.717, 1.165) is 22.4 Å². The molecule has 2 aromatic carbocycles. The molecule has 9 heteroatoms. The molecule has 2 saturated heterocycles. The number of rotatable bonds is 4. The Bertz CT molecular complexity index is 1420. The fourth-order valence-electron chi connectivity index (χ4n) is 6.29. The van der Waals surface area contributed by atoms with Gasteiger partial charge in [0.15, 0.2) is 5.54 Å². The summed E-state index contributed by atoms with van der Waals surface area (Å²) in [7, 11) is 5.30. The molecule has 0 saturated carbocycles. The molecule has 3 aromatic rings. The quantitative estimate of drug-likeness (QED) is 0.476. The van der Waals surface area contributed by atoms with E-state index in [2.05, 4.69) is 4.98 Å². The molecule has 2 spiro atoms. The molecule has 37 heavy (non-hydrogen) atoms. The minimum atomic E-state index is -1.27.